The van der Waals surface area contributed by atoms with Crippen LogP contribution in [0.25, 0.3) is 5.69 Å². The van der Waals surface area contributed by atoms with Gasteiger partial charge in [-0.1, -0.05) is 12.1 Å². The number of H-pyrrole nitrogens is 1. The molecule has 0 aliphatic carbocycles. The third-order valence-electron chi connectivity index (χ3n) is 4.16. The predicted molar refractivity (Wildman–Crippen MR) is 99.6 cm³/mol. The third-order valence-corrected chi connectivity index (χ3v) is 4.16. The first-order valence-corrected chi connectivity index (χ1v) is 8.55. The zero-order valence-corrected chi connectivity index (χ0v) is 15.2. The van der Waals surface area contributed by atoms with E-state index in [2.05, 4.69) is 63.1 Å². The van der Waals surface area contributed by atoms with Crippen LogP contribution in [0.1, 0.15) is 17.1 Å². The average molecular weight is 338 g/mol. The Morgan fingerprint density at radius 2 is 1.88 bits per heavy atom. The number of hydrogen-bond acceptors (Lipinski definition) is 4. The summed E-state index contributed by atoms with van der Waals surface area (Å²) in [7, 11) is 4.22. The molecule has 6 nitrogen and oxygen atoms in total. The molecule has 2 heterocycles. The molecule has 132 valence electrons. The molecule has 0 unspecified atom stereocenters. The highest BCUT2D eigenvalue weighted by Crippen LogP contribution is 2.13. The summed E-state index contributed by atoms with van der Waals surface area (Å²) in [5, 5.41) is 0. The molecular weight excluding hydrogens is 312 g/mol. The van der Waals surface area contributed by atoms with Gasteiger partial charge in [-0.25, -0.2) is 9.97 Å². The lowest BCUT2D eigenvalue weighted by Crippen LogP contribution is -2.31. The molecule has 3 rings (SSSR count). The fraction of sp³-hybridized carbons (Fsp3) is 0.368. The molecular formula is C19H26N6. The van der Waals surface area contributed by atoms with Crippen LogP contribution >= 0.6 is 0 Å². The summed E-state index contributed by atoms with van der Waals surface area (Å²) in [5.41, 5.74) is 3.59. The standard InChI is InChI=1S/C19H26N6/c1-16-21-12-18(22-16)14-24(11-10-23(2)3)13-17-4-6-19(7-5-17)25-9-8-20-15-25/h4-9,12,15H,10-11,13-14H2,1-3H3,(H,21,22). The lowest BCUT2D eigenvalue weighted by atomic mass is 10.2. The number of aromatic nitrogens is 4. The minimum absolute atomic E-state index is 0.873. The monoisotopic (exact) mass is 338 g/mol. The average Bonchev–Trinajstić information content (AvgIpc) is 3.25. The van der Waals surface area contributed by atoms with Gasteiger partial charge in [-0.3, -0.25) is 4.90 Å². The second-order valence-electron chi connectivity index (χ2n) is 6.64. The Balaban J connectivity index is 1.67. The van der Waals surface area contributed by atoms with Gasteiger partial charge < -0.3 is 14.5 Å². The number of rotatable bonds is 8. The minimum atomic E-state index is 0.873. The molecule has 1 aromatic carbocycles. The molecule has 0 amide bonds. The van der Waals surface area contributed by atoms with Crippen LogP contribution in [-0.2, 0) is 13.1 Å². The quantitative estimate of drug-likeness (QED) is 0.685. The minimum Gasteiger partial charge on any atom is -0.345 e. The fourth-order valence-electron chi connectivity index (χ4n) is 2.79. The highest BCUT2D eigenvalue weighted by atomic mass is 15.2. The Morgan fingerprint density at radius 1 is 1.08 bits per heavy atom. The molecule has 2 aromatic heterocycles. The molecule has 0 spiro atoms. The van der Waals surface area contributed by atoms with Crippen molar-refractivity contribution in [3.05, 3.63) is 66.3 Å². The Bertz CT molecular complexity index is 758. The first-order chi connectivity index (χ1) is 12.1. The molecule has 0 bridgehead atoms. The van der Waals surface area contributed by atoms with Crippen LogP contribution in [0, 0.1) is 6.92 Å². The van der Waals surface area contributed by atoms with Gasteiger partial charge in [-0.05, 0) is 38.7 Å². The van der Waals surface area contributed by atoms with Crippen LogP contribution in [0.3, 0.4) is 0 Å². The van der Waals surface area contributed by atoms with E-state index >= 15 is 0 Å². The van der Waals surface area contributed by atoms with Crippen molar-refractivity contribution in [3.63, 3.8) is 0 Å². The Labute approximate surface area is 149 Å². The van der Waals surface area contributed by atoms with E-state index in [-0.39, 0.29) is 0 Å². The second-order valence-corrected chi connectivity index (χ2v) is 6.64. The molecule has 0 radical (unpaired) electrons. The van der Waals surface area contributed by atoms with Gasteiger partial charge in [0, 0.05) is 56.2 Å². The molecule has 0 atom stereocenters. The van der Waals surface area contributed by atoms with E-state index in [4.69, 9.17) is 0 Å². The third kappa shape index (κ3) is 5.01. The van der Waals surface area contributed by atoms with Crippen molar-refractivity contribution in [2.75, 3.05) is 27.2 Å². The molecule has 25 heavy (non-hydrogen) atoms. The lowest BCUT2D eigenvalue weighted by molar-refractivity contribution is 0.224. The maximum Gasteiger partial charge on any atom is 0.103 e. The molecule has 0 saturated heterocycles. The zero-order valence-electron chi connectivity index (χ0n) is 15.2. The largest absolute Gasteiger partial charge is 0.345 e. The summed E-state index contributed by atoms with van der Waals surface area (Å²) in [5.74, 6) is 0.965. The normalized spacial score (nSPS) is 11.6. The van der Waals surface area contributed by atoms with Crippen molar-refractivity contribution in [2.24, 2.45) is 0 Å². The predicted octanol–water partition coefficient (Wildman–Crippen LogP) is 2.47. The van der Waals surface area contributed by atoms with Crippen molar-refractivity contribution in [3.8, 4) is 5.69 Å². The van der Waals surface area contributed by atoms with Crippen LogP contribution in [0.5, 0.6) is 0 Å². The van der Waals surface area contributed by atoms with Crippen molar-refractivity contribution in [1.29, 1.82) is 0 Å². The number of aromatic amines is 1. The highest BCUT2D eigenvalue weighted by Gasteiger charge is 2.09. The summed E-state index contributed by atoms with van der Waals surface area (Å²) in [6.07, 6.45) is 7.50. The van der Waals surface area contributed by atoms with Gasteiger partial charge in [0.25, 0.3) is 0 Å². The Morgan fingerprint density at radius 3 is 2.48 bits per heavy atom. The SMILES string of the molecule is Cc1ncc(CN(CCN(C)C)Cc2ccc(-n3ccnc3)cc2)[nH]1. The molecule has 3 aromatic rings. The molecule has 0 saturated carbocycles. The number of likely N-dealkylation sites (N-methyl/N-ethyl adjacent to an activating group) is 1. The smallest absolute Gasteiger partial charge is 0.103 e. The van der Waals surface area contributed by atoms with Gasteiger partial charge in [0.2, 0.25) is 0 Å². The zero-order chi connectivity index (χ0) is 17.6. The van der Waals surface area contributed by atoms with Gasteiger partial charge in [-0.2, -0.15) is 0 Å². The molecule has 6 heteroatoms. The van der Waals surface area contributed by atoms with Crippen LogP contribution in [0.4, 0.5) is 0 Å². The van der Waals surface area contributed by atoms with E-state index in [9.17, 15) is 0 Å². The summed E-state index contributed by atoms with van der Waals surface area (Å²) < 4.78 is 2.01. The summed E-state index contributed by atoms with van der Waals surface area (Å²) >= 11 is 0. The molecule has 1 N–H and O–H groups in total. The van der Waals surface area contributed by atoms with E-state index in [0.29, 0.717) is 0 Å². The number of imidazole rings is 2. The van der Waals surface area contributed by atoms with Gasteiger partial charge in [-0.15, -0.1) is 0 Å². The maximum atomic E-state index is 4.31. The summed E-state index contributed by atoms with van der Waals surface area (Å²) in [6, 6.07) is 8.66. The fourth-order valence-corrected chi connectivity index (χ4v) is 2.79. The number of benzene rings is 1. The van der Waals surface area contributed by atoms with Gasteiger partial charge in [0.15, 0.2) is 0 Å². The van der Waals surface area contributed by atoms with Gasteiger partial charge in [0.1, 0.15) is 5.82 Å². The first kappa shape index (κ1) is 17.4. The van der Waals surface area contributed by atoms with Gasteiger partial charge >= 0.3 is 0 Å². The Hall–Kier alpha value is -2.44. The molecule has 0 aliphatic heterocycles. The van der Waals surface area contributed by atoms with E-state index in [1.54, 1.807) is 6.20 Å². The number of hydrogen-bond donors (Lipinski definition) is 1. The Kier molecular flexibility index (Phi) is 5.63. The van der Waals surface area contributed by atoms with Crippen LogP contribution in [-0.4, -0.2) is 56.5 Å². The molecule has 0 fully saturated rings. The first-order valence-electron chi connectivity index (χ1n) is 8.55. The van der Waals surface area contributed by atoms with Crippen LogP contribution in [0.2, 0.25) is 0 Å². The van der Waals surface area contributed by atoms with E-state index < -0.39 is 0 Å². The van der Waals surface area contributed by atoms with Crippen LogP contribution in [0.15, 0.2) is 49.2 Å². The van der Waals surface area contributed by atoms with E-state index in [0.717, 1.165) is 43.4 Å². The van der Waals surface area contributed by atoms with Crippen molar-refractivity contribution < 1.29 is 0 Å². The van der Waals surface area contributed by atoms with Crippen molar-refractivity contribution in [1.82, 2.24) is 29.3 Å². The van der Waals surface area contributed by atoms with Crippen molar-refractivity contribution in [2.45, 2.75) is 20.0 Å². The van der Waals surface area contributed by atoms with Crippen LogP contribution < -0.4 is 0 Å². The van der Waals surface area contributed by atoms with E-state index in [1.807, 2.05) is 30.2 Å². The summed E-state index contributed by atoms with van der Waals surface area (Å²) in [6.45, 7) is 5.81. The lowest BCUT2D eigenvalue weighted by Gasteiger charge is -2.23. The number of nitrogens with one attached hydrogen (secondary N) is 1. The maximum absolute atomic E-state index is 4.31. The van der Waals surface area contributed by atoms with Crippen molar-refractivity contribution >= 4 is 0 Å². The molecule has 0 aliphatic rings. The summed E-state index contributed by atoms with van der Waals surface area (Å²) in [4.78, 5) is 16.4. The number of aryl methyl sites for hydroxylation is 1. The topological polar surface area (TPSA) is 53.0 Å². The highest BCUT2D eigenvalue weighted by molar-refractivity contribution is 5.34. The second kappa shape index (κ2) is 8.09. The van der Waals surface area contributed by atoms with Gasteiger partial charge in [0.05, 0.1) is 6.33 Å². The van der Waals surface area contributed by atoms with E-state index in [1.165, 1.54) is 5.56 Å². The number of nitrogens with zero attached hydrogens (tertiary/aromatic N) is 5.